The topological polar surface area (TPSA) is 65.5 Å². The lowest BCUT2D eigenvalue weighted by molar-refractivity contribution is 0.0128. The normalized spacial score (nSPS) is 22.4. The number of benzene rings is 3. The summed E-state index contributed by atoms with van der Waals surface area (Å²) in [5, 5.41) is 0. The van der Waals surface area contributed by atoms with E-state index < -0.39 is 5.82 Å². The van der Waals surface area contributed by atoms with Crippen LogP contribution in [0.15, 0.2) is 54.6 Å². The van der Waals surface area contributed by atoms with Gasteiger partial charge in [-0.05, 0) is 59.5 Å². The number of nitrogens with two attached hydrogens (primary N) is 1. The molecule has 2 N–H and O–H groups in total. The Morgan fingerprint density at radius 3 is 2.84 bits per heavy atom. The van der Waals surface area contributed by atoms with Crippen molar-refractivity contribution >= 4 is 28.6 Å². The molecule has 4 aromatic rings. The number of fused-ring (bicyclic) bond motifs is 4. The van der Waals surface area contributed by atoms with Crippen molar-refractivity contribution in [3.8, 4) is 5.75 Å². The van der Waals surface area contributed by atoms with E-state index >= 15 is 0 Å². The SMILES string of the molecule is Nc1nc2cc(/C=C3/c4ccc(F)cc4OCc4c(F)cccc43)ccc2n1[C@H]1C[C@@H]2COCCN2C1. The fourth-order valence-corrected chi connectivity index (χ4v) is 6.01. The second kappa shape index (κ2) is 8.68. The highest BCUT2D eigenvalue weighted by Crippen LogP contribution is 2.40. The Balaban J connectivity index is 1.32. The lowest BCUT2D eigenvalue weighted by Gasteiger charge is -2.28. The summed E-state index contributed by atoms with van der Waals surface area (Å²) in [6.07, 6.45) is 2.96. The molecule has 188 valence electrons. The van der Waals surface area contributed by atoms with E-state index in [1.54, 1.807) is 12.1 Å². The van der Waals surface area contributed by atoms with Crippen LogP contribution in [0.3, 0.4) is 0 Å². The number of halogens is 2. The van der Waals surface area contributed by atoms with E-state index in [4.69, 9.17) is 15.2 Å². The number of hydrogen-bond donors (Lipinski definition) is 1. The van der Waals surface area contributed by atoms with E-state index in [2.05, 4.69) is 14.5 Å². The Morgan fingerprint density at radius 1 is 1.03 bits per heavy atom. The summed E-state index contributed by atoms with van der Waals surface area (Å²) in [6.45, 7) is 3.45. The number of morpholine rings is 1. The van der Waals surface area contributed by atoms with Gasteiger partial charge >= 0.3 is 0 Å². The summed E-state index contributed by atoms with van der Waals surface area (Å²) in [5.41, 5.74) is 11.7. The van der Waals surface area contributed by atoms with E-state index in [1.165, 1.54) is 18.2 Å². The van der Waals surface area contributed by atoms with Gasteiger partial charge in [0.25, 0.3) is 0 Å². The van der Waals surface area contributed by atoms with Crippen LogP contribution in [-0.2, 0) is 11.3 Å². The van der Waals surface area contributed by atoms with Crippen LogP contribution in [0.1, 0.15) is 34.7 Å². The van der Waals surface area contributed by atoms with E-state index in [9.17, 15) is 8.78 Å². The van der Waals surface area contributed by atoms with Gasteiger partial charge in [0.05, 0.1) is 30.3 Å². The molecule has 0 amide bonds. The number of hydrogen-bond acceptors (Lipinski definition) is 5. The summed E-state index contributed by atoms with van der Waals surface area (Å²) in [6, 6.07) is 16.1. The van der Waals surface area contributed by atoms with Crippen molar-refractivity contribution in [1.82, 2.24) is 14.5 Å². The summed E-state index contributed by atoms with van der Waals surface area (Å²) < 4.78 is 42.4. The average Bonchev–Trinajstić information content (AvgIpc) is 3.41. The number of rotatable bonds is 2. The summed E-state index contributed by atoms with van der Waals surface area (Å²) in [5.74, 6) is 0.137. The monoisotopic (exact) mass is 500 g/mol. The third-order valence-corrected chi connectivity index (χ3v) is 7.77. The Labute approximate surface area is 212 Å². The highest BCUT2D eigenvalue weighted by atomic mass is 19.1. The van der Waals surface area contributed by atoms with Crippen LogP contribution in [0.5, 0.6) is 5.75 Å². The molecule has 3 aliphatic rings. The molecule has 3 aliphatic heterocycles. The van der Waals surface area contributed by atoms with Crippen molar-refractivity contribution in [2.75, 3.05) is 32.0 Å². The predicted octanol–water partition coefficient (Wildman–Crippen LogP) is 5.02. The van der Waals surface area contributed by atoms with Gasteiger partial charge in [-0.1, -0.05) is 18.2 Å². The van der Waals surface area contributed by atoms with Gasteiger partial charge < -0.3 is 19.8 Å². The predicted molar refractivity (Wildman–Crippen MR) is 138 cm³/mol. The minimum Gasteiger partial charge on any atom is -0.488 e. The fourth-order valence-electron chi connectivity index (χ4n) is 6.01. The molecule has 37 heavy (non-hydrogen) atoms. The summed E-state index contributed by atoms with van der Waals surface area (Å²) in [4.78, 5) is 7.16. The van der Waals surface area contributed by atoms with Gasteiger partial charge in [0.2, 0.25) is 5.95 Å². The van der Waals surface area contributed by atoms with Crippen LogP contribution in [0.25, 0.3) is 22.7 Å². The third-order valence-electron chi connectivity index (χ3n) is 7.77. The molecule has 2 saturated heterocycles. The van der Waals surface area contributed by atoms with Crippen LogP contribution in [0.4, 0.5) is 14.7 Å². The van der Waals surface area contributed by atoms with Crippen molar-refractivity contribution in [2.24, 2.45) is 0 Å². The quantitative estimate of drug-likeness (QED) is 0.419. The molecule has 0 radical (unpaired) electrons. The van der Waals surface area contributed by atoms with Crippen LogP contribution >= 0.6 is 0 Å². The Bertz CT molecular complexity index is 1550. The number of nitrogens with zero attached hydrogens (tertiary/aromatic N) is 3. The highest BCUT2D eigenvalue weighted by Gasteiger charge is 2.36. The van der Waals surface area contributed by atoms with Crippen molar-refractivity contribution in [2.45, 2.75) is 25.1 Å². The van der Waals surface area contributed by atoms with Crippen molar-refractivity contribution in [1.29, 1.82) is 0 Å². The van der Waals surface area contributed by atoms with Gasteiger partial charge in [0.1, 0.15) is 24.0 Å². The minimum atomic E-state index is -0.401. The van der Waals surface area contributed by atoms with Crippen LogP contribution in [-0.4, -0.2) is 46.8 Å². The fraction of sp³-hybridized carbons (Fsp3) is 0.276. The molecule has 0 saturated carbocycles. The van der Waals surface area contributed by atoms with Gasteiger partial charge in [-0.15, -0.1) is 0 Å². The van der Waals surface area contributed by atoms with Crippen LogP contribution < -0.4 is 10.5 Å². The molecule has 0 unspecified atom stereocenters. The average molecular weight is 501 g/mol. The van der Waals surface area contributed by atoms with Crippen molar-refractivity contribution < 1.29 is 18.3 Å². The van der Waals surface area contributed by atoms with E-state index in [0.29, 0.717) is 28.9 Å². The number of anilines is 1. The third kappa shape index (κ3) is 3.79. The van der Waals surface area contributed by atoms with Crippen LogP contribution in [0.2, 0.25) is 0 Å². The zero-order valence-electron chi connectivity index (χ0n) is 20.2. The largest absolute Gasteiger partial charge is 0.488 e. The molecule has 2 fully saturated rings. The van der Waals surface area contributed by atoms with Crippen LogP contribution in [0, 0.1) is 11.6 Å². The number of ether oxygens (including phenoxy) is 2. The van der Waals surface area contributed by atoms with Crippen molar-refractivity contribution in [3.05, 3.63) is 88.5 Å². The smallest absolute Gasteiger partial charge is 0.201 e. The molecule has 0 bridgehead atoms. The van der Waals surface area contributed by atoms with Gasteiger partial charge in [0, 0.05) is 36.3 Å². The van der Waals surface area contributed by atoms with Gasteiger partial charge in [-0.3, -0.25) is 4.90 Å². The molecule has 7 rings (SSSR count). The molecule has 6 nitrogen and oxygen atoms in total. The molecular weight excluding hydrogens is 474 g/mol. The first-order valence-electron chi connectivity index (χ1n) is 12.6. The maximum absolute atomic E-state index is 14.8. The molecule has 8 heteroatoms. The summed E-state index contributed by atoms with van der Waals surface area (Å²) >= 11 is 0. The molecule has 1 aromatic heterocycles. The minimum absolute atomic E-state index is 0.0280. The Kier molecular flexibility index (Phi) is 5.26. The van der Waals surface area contributed by atoms with Gasteiger partial charge in [-0.25, -0.2) is 13.8 Å². The first-order valence-corrected chi connectivity index (χ1v) is 12.6. The van der Waals surface area contributed by atoms with E-state index in [-0.39, 0.29) is 18.5 Å². The second-order valence-electron chi connectivity index (χ2n) is 9.95. The van der Waals surface area contributed by atoms with E-state index in [0.717, 1.165) is 60.5 Å². The van der Waals surface area contributed by atoms with E-state index in [1.807, 2.05) is 30.3 Å². The zero-order valence-corrected chi connectivity index (χ0v) is 20.2. The second-order valence-corrected chi connectivity index (χ2v) is 9.95. The maximum atomic E-state index is 14.8. The zero-order chi connectivity index (χ0) is 25.1. The first-order chi connectivity index (χ1) is 18.0. The molecular formula is C29H26F2N4O2. The standard InChI is InChI=1S/C29H26F2N4O2/c30-18-5-6-22-23(21-2-1-3-25(31)24(21)16-37-28(22)12-18)10-17-4-7-27-26(11-17)33-29(32)35(27)19-13-20-15-36-9-8-34(20)14-19/h1-7,10-12,19-20H,8-9,13-16H2,(H2,32,33)/b23-10+/t19-,20+/m0/s1. The summed E-state index contributed by atoms with van der Waals surface area (Å²) in [7, 11) is 0. The van der Waals surface area contributed by atoms with Gasteiger partial charge in [-0.2, -0.15) is 0 Å². The maximum Gasteiger partial charge on any atom is 0.201 e. The lowest BCUT2D eigenvalue weighted by atomic mass is 9.92. The number of imidazole rings is 1. The number of nitrogen functional groups attached to an aromatic ring is 1. The van der Waals surface area contributed by atoms with Crippen molar-refractivity contribution in [3.63, 3.8) is 0 Å². The molecule has 3 aromatic carbocycles. The lowest BCUT2D eigenvalue weighted by Crippen LogP contribution is -2.40. The van der Waals surface area contributed by atoms with Gasteiger partial charge in [0.15, 0.2) is 0 Å². The molecule has 0 spiro atoms. The molecule has 2 atom stereocenters. The number of aromatic nitrogens is 2. The Hall–Kier alpha value is -3.75. The first kappa shape index (κ1) is 22.4. The molecule has 4 heterocycles. The molecule has 0 aliphatic carbocycles. The highest BCUT2D eigenvalue weighted by molar-refractivity contribution is 5.96. The Morgan fingerprint density at radius 2 is 1.95 bits per heavy atom.